The number of carbonyl (C=O) groups excluding carboxylic acids is 2. The summed E-state index contributed by atoms with van der Waals surface area (Å²) in [5.74, 6) is 0.128. The Morgan fingerprint density at radius 2 is 2.00 bits per heavy atom. The minimum Gasteiger partial charge on any atom is -0.375 e. The van der Waals surface area contributed by atoms with E-state index in [1.165, 1.54) is 36.0 Å². The van der Waals surface area contributed by atoms with Crippen LogP contribution in [-0.4, -0.2) is 42.5 Å². The van der Waals surface area contributed by atoms with Crippen LogP contribution < -0.4 is 5.32 Å². The molecule has 1 aromatic carbocycles. The topological polar surface area (TPSA) is 58.6 Å². The molecule has 0 saturated carbocycles. The number of nitrogens with zero attached hydrogens (tertiary/aromatic N) is 1. The summed E-state index contributed by atoms with van der Waals surface area (Å²) in [5.41, 5.74) is 3.63. The highest BCUT2D eigenvalue weighted by molar-refractivity contribution is 5.87. The van der Waals surface area contributed by atoms with Crippen LogP contribution in [0, 0.1) is 5.41 Å². The molecule has 1 aliphatic carbocycles. The lowest BCUT2D eigenvalue weighted by Crippen LogP contribution is -2.49. The van der Waals surface area contributed by atoms with Crippen molar-refractivity contribution in [2.45, 2.75) is 76.9 Å². The highest BCUT2D eigenvalue weighted by Gasteiger charge is 2.59. The molecule has 4 rings (SSSR count). The summed E-state index contributed by atoms with van der Waals surface area (Å²) < 4.78 is 5.06. The molecule has 2 fully saturated rings. The molecule has 3 atom stereocenters. The van der Waals surface area contributed by atoms with E-state index in [1.54, 1.807) is 7.11 Å². The second-order valence-electron chi connectivity index (χ2n) is 8.69. The fourth-order valence-electron chi connectivity index (χ4n) is 5.80. The van der Waals surface area contributed by atoms with Gasteiger partial charge in [-0.3, -0.25) is 9.59 Å². The van der Waals surface area contributed by atoms with Crippen molar-refractivity contribution in [2.24, 2.45) is 5.41 Å². The Morgan fingerprint density at radius 3 is 2.75 bits per heavy atom. The van der Waals surface area contributed by atoms with Gasteiger partial charge in [0.2, 0.25) is 11.8 Å². The summed E-state index contributed by atoms with van der Waals surface area (Å²) in [6, 6.07) is 6.84. The number of amides is 2. The zero-order valence-electron chi connectivity index (χ0n) is 17.1. The largest absolute Gasteiger partial charge is 0.375 e. The van der Waals surface area contributed by atoms with E-state index >= 15 is 0 Å². The van der Waals surface area contributed by atoms with Crippen LogP contribution in [0.4, 0.5) is 0 Å². The lowest BCUT2D eigenvalue weighted by molar-refractivity contribution is -0.139. The average molecular weight is 385 g/mol. The van der Waals surface area contributed by atoms with Gasteiger partial charge in [-0.2, -0.15) is 0 Å². The zero-order chi connectivity index (χ0) is 19.7. The molecule has 0 spiro atoms. The first kappa shape index (κ1) is 19.4. The van der Waals surface area contributed by atoms with E-state index in [2.05, 4.69) is 30.4 Å². The van der Waals surface area contributed by atoms with Crippen molar-refractivity contribution < 1.29 is 14.3 Å². The van der Waals surface area contributed by atoms with Gasteiger partial charge in [-0.25, -0.2) is 0 Å². The fraction of sp³-hybridized carbons (Fsp3) is 0.652. The third-order valence-electron chi connectivity index (χ3n) is 7.25. The minimum absolute atomic E-state index is 0.00804. The summed E-state index contributed by atoms with van der Waals surface area (Å²) in [5, 5.41) is 3.21. The van der Waals surface area contributed by atoms with Gasteiger partial charge in [0.1, 0.15) is 6.61 Å². The number of fused-ring (bicyclic) bond motifs is 3. The molecule has 2 unspecified atom stereocenters. The van der Waals surface area contributed by atoms with Crippen LogP contribution in [0.25, 0.3) is 0 Å². The Hall–Kier alpha value is -1.88. The second-order valence-corrected chi connectivity index (χ2v) is 8.69. The first-order chi connectivity index (χ1) is 13.6. The molecule has 152 valence electrons. The predicted octanol–water partition coefficient (Wildman–Crippen LogP) is 2.99. The maximum absolute atomic E-state index is 13.3. The van der Waals surface area contributed by atoms with E-state index < -0.39 is 5.41 Å². The van der Waals surface area contributed by atoms with Gasteiger partial charge >= 0.3 is 0 Å². The van der Waals surface area contributed by atoms with Gasteiger partial charge in [0.25, 0.3) is 0 Å². The van der Waals surface area contributed by atoms with Gasteiger partial charge in [-0.1, -0.05) is 25.1 Å². The van der Waals surface area contributed by atoms with Crippen LogP contribution in [0.5, 0.6) is 0 Å². The number of methoxy groups -OCH3 is 1. The number of carbonyl (C=O) groups is 2. The quantitative estimate of drug-likeness (QED) is 0.820. The van der Waals surface area contributed by atoms with Crippen LogP contribution in [0.15, 0.2) is 18.2 Å². The molecule has 2 amide bonds. The molecule has 3 aliphatic rings. The molecule has 2 saturated heterocycles. The third kappa shape index (κ3) is 3.24. The fourth-order valence-corrected chi connectivity index (χ4v) is 5.80. The number of hydrogen-bond acceptors (Lipinski definition) is 3. The van der Waals surface area contributed by atoms with Crippen molar-refractivity contribution in [1.29, 1.82) is 0 Å². The maximum Gasteiger partial charge on any atom is 0.249 e. The zero-order valence-corrected chi connectivity index (χ0v) is 17.1. The number of aryl methyl sites for hydroxylation is 2. The summed E-state index contributed by atoms with van der Waals surface area (Å²) in [4.78, 5) is 27.8. The Bertz CT molecular complexity index is 762. The summed E-state index contributed by atoms with van der Waals surface area (Å²) in [6.45, 7) is 2.75. The Labute approximate surface area is 167 Å². The number of hydrogen-bond donors (Lipinski definition) is 1. The average Bonchev–Trinajstić information content (AvgIpc) is 3.28. The van der Waals surface area contributed by atoms with Crippen LogP contribution in [0.1, 0.15) is 62.1 Å². The molecule has 0 radical (unpaired) electrons. The SMILES string of the molecule is CC[C@]1(C(=O)NCc2ccc3c(c2)CCCC3)CC2CCC1N2C(=O)COC. The van der Waals surface area contributed by atoms with Crippen molar-refractivity contribution in [3.8, 4) is 0 Å². The minimum atomic E-state index is -0.458. The van der Waals surface area contributed by atoms with Gasteiger partial charge < -0.3 is 15.0 Å². The Balaban J connectivity index is 1.45. The third-order valence-corrected chi connectivity index (χ3v) is 7.25. The highest BCUT2D eigenvalue weighted by Crippen LogP contribution is 2.52. The van der Waals surface area contributed by atoms with Crippen molar-refractivity contribution >= 4 is 11.8 Å². The van der Waals surface area contributed by atoms with E-state index in [0.717, 1.165) is 32.1 Å². The van der Waals surface area contributed by atoms with Crippen LogP contribution >= 0.6 is 0 Å². The molecule has 0 aromatic heterocycles. The van der Waals surface area contributed by atoms with Crippen molar-refractivity contribution in [2.75, 3.05) is 13.7 Å². The van der Waals surface area contributed by atoms with Gasteiger partial charge in [0.05, 0.1) is 5.41 Å². The van der Waals surface area contributed by atoms with E-state index in [1.807, 2.05) is 4.90 Å². The van der Waals surface area contributed by atoms with Crippen LogP contribution in [0.3, 0.4) is 0 Å². The number of rotatable bonds is 6. The molecule has 2 heterocycles. The molecule has 1 N–H and O–H groups in total. The molecule has 28 heavy (non-hydrogen) atoms. The maximum atomic E-state index is 13.3. The standard InChI is InChI=1S/C23H32N2O3/c1-3-23(13-19-10-11-20(23)25(19)21(26)15-28-2)22(27)24-14-16-8-9-17-6-4-5-7-18(17)12-16/h8-9,12,19-20H,3-7,10-11,13-15H2,1-2H3,(H,24,27)/t19?,20?,23-/m0/s1. The van der Waals surface area contributed by atoms with Gasteiger partial charge in [0.15, 0.2) is 0 Å². The highest BCUT2D eigenvalue weighted by atomic mass is 16.5. The molecule has 1 aromatic rings. The van der Waals surface area contributed by atoms with E-state index in [9.17, 15) is 9.59 Å². The van der Waals surface area contributed by atoms with E-state index in [0.29, 0.717) is 6.54 Å². The number of ether oxygens (including phenoxy) is 1. The molecular formula is C23H32N2O3. The first-order valence-corrected chi connectivity index (χ1v) is 10.8. The Kier molecular flexibility index (Phi) is 5.46. The monoisotopic (exact) mass is 384 g/mol. The van der Waals surface area contributed by atoms with Crippen LogP contribution in [-0.2, 0) is 33.7 Å². The van der Waals surface area contributed by atoms with Crippen molar-refractivity contribution in [1.82, 2.24) is 10.2 Å². The van der Waals surface area contributed by atoms with Gasteiger partial charge in [-0.15, -0.1) is 0 Å². The van der Waals surface area contributed by atoms with Crippen LogP contribution in [0.2, 0.25) is 0 Å². The summed E-state index contributed by atoms with van der Waals surface area (Å²) >= 11 is 0. The summed E-state index contributed by atoms with van der Waals surface area (Å²) in [7, 11) is 1.55. The van der Waals surface area contributed by atoms with Crippen molar-refractivity contribution in [3.05, 3.63) is 34.9 Å². The molecule has 5 heteroatoms. The second kappa shape index (κ2) is 7.86. The Morgan fingerprint density at radius 1 is 1.21 bits per heavy atom. The van der Waals surface area contributed by atoms with Gasteiger partial charge in [-0.05, 0) is 68.1 Å². The molecule has 2 aliphatic heterocycles. The normalized spacial score (nSPS) is 28.3. The van der Waals surface area contributed by atoms with Crippen molar-refractivity contribution in [3.63, 3.8) is 0 Å². The van der Waals surface area contributed by atoms with E-state index in [-0.39, 0.29) is 30.5 Å². The molecular weight excluding hydrogens is 352 g/mol. The lowest BCUT2D eigenvalue weighted by atomic mass is 9.71. The predicted molar refractivity (Wildman–Crippen MR) is 108 cm³/mol. The molecule has 2 bridgehead atoms. The van der Waals surface area contributed by atoms with Gasteiger partial charge in [0, 0.05) is 25.7 Å². The van der Waals surface area contributed by atoms with E-state index in [4.69, 9.17) is 4.74 Å². The number of nitrogens with one attached hydrogen (secondary N) is 1. The lowest BCUT2D eigenvalue weighted by Gasteiger charge is -2.35. The number of benzene rings is 1. The molecule has 5 nitrogen and oxygen atoms in total. The smallest absolute Gasteiger partial charge is 0.249 e. The summed E-state index contributed by atoms with van der Waals surface area (Å²) in [6.07, 6.45) is 8.32. The first-order valence-electron chi connectivity index (χ1n) is 10.8.